The lowest BCUT2D eigenvalue weighted by Gasteiger charge is -2.41. The lowest BCUT2D eigenvalue weighted by atomic mass is 10.1. The fourth-order valence-corrected chi connectivity index (χ4v) is 4.77. The monoisotopic (exact) mass is 435 g/mol. The fourth-order valence-electron chi connectivity index (χ4n) is 4.77. The molecular weight excluding hydrogens is 410 g/mol. The fraction of sp³-hybridized carbons (Fsp3) is 0.214. The Morgan fingerprint density at radius 3 is 1.73 bits per heavy atom. The van der Waals surface area contributed by atoms with Crippen LogP contribution in [-0.4, -0.2) is 46.9 Å². The smallest absolute Gasteiger partial charge is 0.322 e. The lowest BCUT2D eigenvalue weighted by molar-refractivity contribution is -0.130. The van der Waals surface area contributed by atoms with E-state index in [1.165, 1.54) is 0 Å². The second kappa shape index (κ2) is 9.22. The van der Waals surface area contributed by atoms with Crippen LogP contribution in [0.4, 0.5) is 16.2 Å². The number of nitrogens with zero attached hydrogens (tertiary/aromatic N) is 3. The van der Waals surface area contributed by atoms with E-state index in [4.69, 9.17) is 0 Å². The highest BCUT2D eigenvalue weighted by Crippen LogP contribution is 2.33. The number of para-hydroxylation sites is 2. The average Bonchev–Trinajstić information content (AvgIpc) is 3.14. The van der Waals surface area contributed by atoms with E-state index >= 15 is 0 Å². The Balaban J connectivity index is 1.35. The maximum atomic E-state index is 13.7. The first-order valence-corrected chi connectivity index (χ1v) is 11.3. The molecule has 5 heteroatoms. The summed E-state index contributed by atoms with van der Waals surface area (Å²) in [5.41, 5.74) is 2.48. The molecule has 164 valence electrons. The number of amides is 3. The van der Waals surface area contributed by atoms with Gasteiger partial charge in [0.25, 0.3) is 5.91 Å². The Labute approximate surface area is 194 Å². The van der Waals surface area contributed by atoms with Crippen LogP contribution < -0.4 is 4.90 Å². The summed E-state index contributed by atoms with van der Waals surface area (Å²) in [6, 6.07) is 28.9. The van der Waals surface area contributed by atoms with Crippen molar-refractivity contribution in [1.29, 1.82) is 0 Å². The zero-order chi connectivity index (χ0) is 22.6. The normalized spacial score (nSPS) is 18.9. The van der Waals surface area contributed by atoms with Crippen LogP contribution >= 0.6 is 0 Å². The molecule has 0 aromatic heterocycles. The first kappa shape index (κ1) is 20.8. The Morgan fingerprint density at radius 2 is 1.21 bits per heavy atom. The van der Waals surface area contributed by atoms with E-state index in [0.717, 1.165) is 29.8 Å². The molecule has 0 radical (unpaired) electrons. The maximum Gasteiger partial charge on any atom is 0.329 e. The van der Waals surface area contributed by atoms with Gasteiger partial charge in [-0.25, -0.2) is 4.79 Å². The molecule has 3 amide bonds. The number of likely N-dealkylation sites (tertiary alicyclic amines) is 1. The van der Waals surface area contributed by atoms with Crippen molar-refractivity contribution >= 4 is 23.3 Å². The van der Waals surface area contributed by atoms with Crippen molar-refractivity contribution in [2.45, 2.75) is 24.9 Å². The van der Waals surface area contributed by atoms with Gasteiger partial charge in [0.05, 0.1) is 23.5 Å². The van der Waals surface area contributed by atoms with Gasteiger partial charge in [-0.3, -0.25) is 9.69 Å². The molecule has 2 aliphatic heterocycles. The molecule has 2 bridgehead atoms. The Morgan fingerprint density at radius 1 is 0.727 bits per heavy atom. The number of carbonyl (C=O) groups is 2. The summed E-state index contributed by atoms with van der Waals surface area (Å²) in [4.78, 5) is 32.2. The molecule has 2 heterocycles. The highest BCUT2D eigenvalue weighted by atomic mass is 16.2. The molecular formula is C28H25N3O2. The van der Waals surface area contributed by atoms with Crippen molar-refractivity contribution in [2.75, 3.05) is 18.0 Å². The van der Waals surface area contributed by atoms with Crippen LogP contribution in [-0.2, 0) is 4.79 Å². The molecule has 2 saturated heterocycles. The number of hydrogen-bond donors (Lipinski definition) is 0. The summed E-state index contributed by atoms with van der Waals surface area (Å²) in [6.45, 7) is 1.04. The number of rotatable bonds is 2. The molecule has 0 unspecified atom stereocenters. The summed E-state index contributed by atoms with van der Waals surface area (Å²) < 4.78 is 0. The standard InChI is InChI=1S/C28H25N3O2/c32-27(19-16-22-10-4-1-5-11-22)30-25-17-18-26(30)21-29(20-25)28(33)31(23-12-6-2-7-13-23)24-14-8-3-9-15-24/h1-15,25-26H,17-18,20-21H2/t25-,26+. The molecule has 2 atom stereocenters. The minimum Gasteiger partial charge on any atom is -0.322 e. The minimum atomic E-state index is -0.151. The average molecular weight is 436 g/mol. The number of benzene rings is 3. The number of anilines is 2. The molecule has 0 spiro atoms. The summed E-state index contributed by atoms with van der Waals surface area (Å²) in [6.07, 6.45) is 1.79. The summed E-state index contributed by atoms with van der Waals surface area (Å²) in [7, 11) is 0. The number of urea groups is 1. The van der Waals surface area contributed by atoms with Gasteiger partial charge in [0.1, 0.15) is 0 Å². The van der Waals surface area contributed by atoms with Crippen molar-refractivity contribution in [2.24, 2.45) is 0 Å². The van der Waals surface area contributed by atoms with Crippen molar-refractivity contribution in [1.82, 2.24) is 9.80 Å². The highest BCUT2D eigenvalue weighted by molar-refractivity contribution is 6.00. The van der Waals surface area contributed by atoms with Gasteiger partial charge in [0.2, 0.25) is 0 Å². The van der Waals surface area contributed by atoms with Gasteiger partial charge in [-0.05, 0) is 49.2 Å². The third-order valence-corrected chi connectivity index (χ3v) is 6.29. The van der Waals surface area contributed by atoms with E-state index < -0.39 is 0 Å². The molecule has 0 saturated carbocycles. The Hall–Kier alpha value is -4.04. The summed E-state index contributed by atoms with van der Waals surface area (Å²) >= 11 is 0. The predicted molar refractivity (Wildman–Crippen MR) is 129 cm³/mol. The van der Waals surface area contributed by atoms with Gasteiger partial charge >= 0.3 is 6.03 Å². The summed E-state index contributed by atoms with van der Waals surface area (Å²) in [5.74, 6) is 5.64. The molecule has 2 fully saturated rings. The third-order valence-electron chi connectivity index (χ3n) is 6.29. The number of hydrogen-bond acceptors (Lipinski definition) is 2. The van der Waals surface area contributed by atoms with Crippen LogP contribution in [0.25, 0.3) is 0 Å². The quantitative estimate of drug-likeness (QED) is 0.549. The van der Waals surface area contributed by atoms with Crippen molar-refractivity contribution in [3.8, 4) is 11.8 Å². The van der Waals surface area contributed by atoms with Crippen LogP contribution in [0.3, 0.4) is 0 Å². The predicted octanol–water partition coefficient (Wildman–Crippen LogP) is 4.67. The van der Waals surface area contributed by atoms with Crippen LogP contribution in [0, 0.1) is 11.8 Å². The zero-order valence-electron chi connectivity index (χ0n) is 18.3. The molecule has 3 aromatic carbocycles. The van der Waals surface area contributed by atoms with Gasteiger partial charge < -0.3 is 9.80 Å². The highest BCUT2D eigenvalue weighted by Gasteiger charge is 2.44. The van der Waals surface area contributed by atoms with Gasteiger partial charge in [0.15, 0.2) is 0 Å². The Kier molecular flexibility index (Phi) is 5.82. The van der Waals surface area contributed by atoms with Gasteiger partial charge in [-0.1, -0.05) is 60.5 Å². The SMILES string of the molecule is O=C(N1C[C@H]2CC[C@@H](C1)N2C(=O)C#Cc1ccccc1)N(c1ccccc1)c1ccccc1. The van der Waals surface area contributed by atoms with Crippen LogP contribution in [0.5, 0.6) is 0 Å². The van der Waals surface area contributed by atoms with Crippen LogP contribution in [0.1, 0.15) is 18.4 Å². The lowest BCUT2D eigenvalue weighted by Crippen LogP contribution is -2.58. The molecule has 0 N–H and O–H groups in total. The van der Waals surface area contributed by atoms with E-state index in [1.807, 2.05) is 101 Å². The first-order valence-electron chi connectivity index (χ1n) is 11.3. The maximum absolute atomic E-state index is 13.7. The number of fused-ring (bicyclic) bond motifs is 2. The van der Waals surface area contributed by atoms with Gasteiger partial charge in [-0.15, -0.1) is 0 Å². The summed E-state index contributed by atoms with van der Waals surface area (Å²) in [5, 5.41) is 0. The van der Waals surface area contributed by atoms with E-state index in [-0.39, 0.29) is 24.0 Å². The van der Waals surface area contributed by atoms with Crippen molar-refractivity contribution < 1.29 is 9.59 Å². The van der Waals surface area contributed by atoms with E-state index in [0.29, 0.717) is 13.1 Å². The molecule has 2 aliphatic rings. The minimum absolute atomic E-state index is 0.00123. The van der Waals surface area contributed by atoms with Crippen LogP contribution in [0.15, 0.2) is 91.0 Å². The molecule has 5 rings (SSSR count). The van der Waals surface area contributed by atoms with E-state index in [9.17, 15) is 9.59 Å². The van der Waals surface area contributed by atoms with Crippen molar-refractivity contribution in [3.63, 3.8) is 0 Å². The van der Waals surface area contributed by atoms with Gasteiger partial charge in [0, 0.05) is 24.6 Å². The van der Waals surface area contributed by atoms with Crippen LogP contribution in [0.2, 0.25) is 0 Å². The van der Waals surface area contributed by atoms with Crippen molar-refractivity contribution in [3.05, 3.63) is 96.6 Å². The molecule has 0 aliphatic carbocycles. The first-order chi connectivity index (χ1) is 16.2. The largest absolute Gasteiger partial charge is 0.329 e. The molecule has 5 nitrogen and oxygen atoms in total. The van der Waals surface area contributed by atoms with Gasteiger partial charge in [-0.2, -0.15) is 0 Å². The third kappa shape index (κ3) is 4.33. The second-order valence-electron chi connectivity index (χ2n) is 8.41. The van der Waals surface area contributed by atoms with E-state index in [2.05, 4.69) is 11.8 Å². The number of carbonyl (C=O) groups excluding carboxylic acids is 2. The molecule has 33 heavy (non-hydrogen) atoms. The van der Waals surface area contributed by atoms with E-state index in [1.54, 1.807) is 4.90 Å². The zero-order valence-corrected chi connectivity index (χ0v) is 18.3. The topological polar surface area (TPSA) is 43.9 Å². The second-order valence-corrected chi connectivity index (χ2v) is 8.41. The Bertz CT molecular complexity index is 1130. The molecule has 3 aromatic rings. The number of piperazine rings is 1.